The van der Waals surface area contributed by atoms with Gasteiger partial charge in [-0.05, 0) is 55.9 Å². The van der Waals surface area contributed by atoms with Crippen LogP contribution in [0.4, 0.5) is 10.5 Å². The predicted octanol–water partition coefficient (Wildman–Crippen LogP) is 8.08. The van der Waals surface area contributed by atoms with Crippen molar-refractivity contribution in [3.8, 4) is 22.5 Å². The third-order valence-corrected chi connectivity index (χ3v) is 6.68. The van der Waals surface area contributed by atoms with Crippen LogP contribution >= 0.6 is 0 Å². The van der Waals surface area contributed by atoms with Crippen LogP contribution < -0.4 is 5.32 Å². The highest BCUT2D eigenvalue weighted by Crippen LogP contribution is 2.48. The first-order valence-electron chi connectivity index (χ1n) is 13.1. The summed E-state index contributed by atoms with van der Waals surface area (Å²) in [5.74, 6) is -0.333. The van der Waals surface area contributed by atoms with Crippen molar-refractivity contribution in [2.24, 2.45) is 0 Å². The highest BCUT2D eigenvalue weighted by atomic mass is 16.6. The van der Waals surface area contributed by atoms with Crippen molar-refractivity contribution in [3.05, 3.63) is 96.2 Å². The molecule has 2 N–H and O–H groups in total. The van der Waals surface area contributed by atoms with E-state index in [1.54, 1.807) is 26.0 Å². The summed E-state index contributed by atoms with van der Waals surface area (Å²) in [6.45, 7) is 13.1. The summed E-state index contributed by atoms with van der Waals surface area (Å²) in [5, 5.41) is 16.3. The molecule has 0 radical (unpaired) electrons. The average Bonchev–Trinajstić information content (AvgIpc) is 3.70. The Morgan fingerprint density at radius 1 is 1.08 bits per heavy atom. The van der Waals surface area contributed by atoms with Crippen LogP contribution in [0.25, 0.3) is 22.5 Å². The molecule has 1 atom stereocenters. The lowest BCUT2D eigenvalue weighted by Gasteiger charge is -2.15. The molecule has 1 amide bonds. The summed E-state index contributed by atoms with van der Waals surface area (Å²) < 4.78 is 11.1. The van der Waals surface area contributed by atoms with E-state index in [1.807, 2.05) is 81.5 Å². The second-order valence-corrected chi connectivity index (χ2v) is 9.07. The van der Waals surface area contributed by atoms with Crippen molar-refractivity contribution in [1.29, 1.82) is 0 Å². The number of nitrogens with one attached hydrogen (secondary N) is 1. The number of rotatable bonds is 9. The molecule has 1 unspecified atom stereocenters. The average molecular weight is 529 g/mol. The third-order valence-electron chi connectivity index (χ3n) is 6.68. The standard InChI is InChI=1S/C30H30N2O5.C2H6/c1-5-7-8-21(6-2)20(4)36-29(35)31-26-19(3)32-37-27(26)24-11-9-22(10-12-24)23-13-15-25(16-14-23)30(17-18-30)28(33)34;1-2/h5-16,20H,1,17-18H2,2-4H3,(H,31,35)(H,33,34);1-2H3/b8-7-,21-6+;. The summed E-state index contributed by atoms with van der Waals surface area (Å²) in [7, 11) is 0. The van der Waals surface area contributed by atoms with Crippen molar-refractivity contribution in [1.82, 2.24) is 5.16 Å². The minimum atomic E-state index is -0.762. The van der Waals surface area contributed by atoms with E-state index in [4.69, 9.17) is 9.26 Å². The smallest absolute Gasteiger partial charge is 0.412 e. The van der Waals surface area contributed by atoms with E-state index < -0.39 is 23.6 Å². The number of amides is 1. The second-order valence-electron chi connectivity index (χ2n) is 9.07. The summed E-state index contributed by atoms with van der Waals surface area (Å²) in [4.78, 5) is 24.2. The van der Waals surface area contributed by atoms with Crippen molar-refractivity contribution in [3.63, 3.8) is 0 Å². The van der Waals surface area contributed by atoms with Gasteiger partial charge in [-0.15, -0.1) is 0 Å². The van der Waals surface area contributed by atoms with Crippen LogP contribution in [0.5, 0.6) is 0 Å². The molecule has 1 aromatic heterocycles. The highest BCUT2D eigenvalue weighted by Gasteiger charge is 2.51. The van der Waals surface area contributed by atoms with Gasteiger partial charge in [-0.25, -0.2) is 4.79 Å². The van der Waals surface area contributed by atoms with Crippen molar-refractivity contribution < 1.29 is 24.0 Å². The molecule has 1 fully saturated rings. The highest BCUT2D eigenvalue weighted by molar-refractivity contribution is 5.91. The number of carbonyl (C=O) groups is 2. The van der Waals surface area contributed by atoms with Crippen molar-refractivity contribution in [2.75, 3.05) is 5.32 Å². The first-order valence-corrected chi connectivity index (χ1v) is 13.1. The second kappa shape index (κ2) is 12.9. The van der Waals surface area contributed by atoms with Gasteiger partial charge in [0.2, 0.25) is 0 Å². The Hall–Kier alpha value is -4.39. The number of hydrogen-bond acceptors (Lipinski definition) is 5. The van der Waals surface area contributed by atoms with Gasteiger partial charge in [-0.3, -0.25) is 10.1 Å². The van der Waals surface area contributed by atoms with Gasteiger partial charge in [-0.1, -0.05) is 98.4 Å². The Bertz CT molecular complexity index is 1360. The molecule has 4 rings (SSSR count). The number of carbonyl (C=O) groups excluding carboxylic acids is 1. The molecule has 3 aromatic rings. The molecule has 0 saturated heterocycles. The number of hydrogen-bond donors (Lipinski definition) is 2. The zero-order valence-electron chi connectivity index (χ0n) is 23.2. The maximum atomic E-state index is 12.6. The van der Waals surface area contributed by atoms with Crippen LogP contribution in [0.1, 0.15) is 51.8 Å². The quantitative estimate of drug-likeness (QED) is 0.272. The van der Waals surface area contributed by atoms with Crippen molar-refractivity contribution >= 4 is 17.7 Å². The molecule has 204 valence electrons. The SMILES string of the molecule is C=C/C=C\C(=C/C)C(C)OC(=O)Nc1c(C)noc1-c1ccc(-c2ccc(C3(C(=O)O)CC3)cc2)cc1.CC. The number of carboxylic acids is 1. The van der Waals surface area contributed by atoms with Gasteiger partial charge in [0.25, 0.3) is 0 Å². The van der Waals surface area contributed by atoms with Gasteiger partial charge in [0.05, 0.1) is 5.41 Å². The van der Waals surface area contributed by atoms with E-state index in [-0.39, 0.29) is 0 Å². The van der Waals surface area contributed by atoms with Crippen molar-refractivity contribution in [2.45, 2.75) is 59.0 Å². The fourth-order valence-corrected chi connectivity index (χ4v) is 4.27. The van der Waals surface area contributed by atoms with E-state index in [0.717, 1.165) is 27.8 Å². The molecule has 1 aliphatic carbocycles. The topological polar surface area (TPSA) is 102 Å². The third kappa shape index (κ3) is 6.55. The Kier molecular flexibility index (Phi) is 9.66. The van der Waals surface area contributed by atoms with E-state index in [0.29, 0.717) is 30.0 Å². The Balaban J connectivity index is 0.00000205. The zero-order valence-corrected chi connectivity index (χ0v) is 23.2. The molecule has 0 aliphatic heterocycles. The lowest BCUT2D eigenvalue weighted by atomic mass is 9.93. The lowest BCUT2D eigenvalue weighted by molar-refractivity contribution is -0.140. The first-order chi connectivity index (χ1) is 18.8. The fourth-order valence-electron chi connectivity index (χ4n) is 4.27. The van der Waals surface area contributed by atoms with Gasteiger partial charge in [0, 0.05) is 5.56 Å². The number of allylic oxidation sites excluding steroid dienone is 3. The van der Waals surface area contributed by atoms with Gasteiger partial charge in [-0.2, -0.15) is 0 Å². The number of aliphatic carboxylic acids is 1. The molecule has 7 nitrogen and oxygen atoms in total. The maximum Gasteiger partial charge on any atom is 0.412 e. The van der Waals surface area contributed by atoms with Gasteiger partial charge < -0.3 is 14.4 Å². The largest absolute Gasteiger partial charge is 0.481 e. The molecular formula is C32H36N2O5. The predicted molar refractivity (Wildman–Crippen MR) is 155 cm³/mol. The van der Waals surface area contributed by atoms with E-state index in [2.05, 4.69) is 17.1 Å². The van der Waals surface area contributed by atoms with Crippen LogP contribution in [0, 0.1) is 6.92 Å². The number of ether oxygens (including phenoxy) is 1. The number of carboxylic acid groups (broad SMARTS) is 1. The van der Waals surface area contributed by atoms with E-state index in [9.17, 15) is 14.7 Å². The zero-order chi connectivity index (χ0) is 28.6. The number of benzene rings is 2. The van der Waals surface area contributed by atoms with Crippen LogP contribution in [-0.4, -0.2) is 28.4 Å². The van der Waals surface area contributed by atoms with E-state index >= 15 is 0 Å². The minimum Gasteiger partial charge on any atom is -0.481 e. The maximum absolute atomic E-state index is 12.6. The summed E-state index contributed by atoms with van der Waals surface area (Å²) in [6.07, 6.45) is 7.45. The molecule has 0 bridgehead atoms. The normalized spacial score (nSPS) is 14.6. The summed E-state index contributed by atoms with van der Waals surface area (Å²) >= 11 is 0. The monoisotopic (exact) mass is 528 g/mol. The number of aryl methyl sites for hydroxylation is 1. The molecular weight excluding hydrogens is 492 g/mol. The summed E-state index contributed by atoms with van der Waals surface area (Å²) in [6, 6.07) is 15.3. The summed E-state index contributed by atoms with van der Waals surface area (Å²) in [5.41, 5.74) is 4.64. The molecule has 7 heteroatoms. The van der Waals surface area contributed by atoms with Crippen LogP contribution in [0.15, 0.2) is 89.5 Å². The fraction of sp³-hybridized carbons (Fsp3) is 0.281. The molecule has 1 aliphatic rings. The number of nitrogens with zero attached hydrogens (tertiary/aromatic N) is 1. The van der Waals surface area contributed by atoms with Gasteiger partial charge in [0.15, 0.2) is 5.76 Å². The number of anilines is 1. The molecule has 1 heterocycles. The van der Waals surface area contributed by atoms with Crippen LogP contribution in [-0.2, 0) is 14.9 Å². The number of aromatic nitrogens is 1. The molecule has 0 spiro atoms. The van der Waals surface area contributed by atoms with E-state index in [1.165, 1.54) is 0 Å². The van der Waals surface area contributed by atoms with Gasteiger partial charge >= 0.3 is 12.1 Å². The molecule has 39 heavy (non-hydrogen) atoms. The van der Waals surface area contributed by atoms with Gasteiger partial charge in [0.1, 0.15) is 17.5 Å². The lowest BCUT2D eigenvalue weighted by Crippen LogP contribution is -2.21. The van der Waals surface area contributed by atoms with Crippen LogP contribution in [0.2, 0.25) is 0 Å². The Morgan fingerprint density at radius 3 is 2.15 bits per heavy atom. The minimum absolute atomic E-state index is 0.430. The Labute approximate surface area is 229 Å². The van der Waals surface area contributed by atoms with Crippen LogP contribution in [0.3, 0.4) is 0 Å². The first kappa shape index (κ1) is 29.2. The molecule has 2 aromatic carbocycles. The molecule has 1 saturated carbocycles. The Morgan fingerprint density at radius 2 is 1.64 bits per heavy atom.